The van der Waals surface area contributed by atoms with Crippen LogP contribution in [0.5, 0.6) is 0 Å². The SMILES string of the molecule is C[Si]1(C)c2ccccc2-c2ccc3ccc4c(c3c21)[Si](C)(C)c1ccccc1-4. The van der Waals surface area contributed by atoms with Crippen LogP contribution in [0.1, 0.15) is 0 Å². The van der Waals surface area contributed by atoms with Crippen molar-refractivity contribution < 1.29 is 0 Å². The second-order valence-electron chi connectivity index (χ2n) is 9.42. The molecule has 0 unspecified atom stereocenters. The van der Waals surface area contributed by atoms with E-state index in [-0.39, 0.29) is 0 Å². The van der Waals surface area contributed by atoms with E-state index in [9.17, 15) is 0 Å². The topological polar surface area (TPSA) is 0 Å². The molecule has 0 nitrogen and oxygen atoms in total. The van der Waals surface area contributed by atoms with Crippen molar-refractivity contribution in [2.24, 2.45) is 0 Å². The molecule has 0 atom stereocenters. The average molecular weight is 393 g/mol. The summed E-state index contributed by atoms with van der Waals surface area (Å²) >= 11 is 0. The van der Waals surface area contributed by atoms with Crippen molar-refractivity contribution in [3.05, 3.63) is 72.8 Å². The van der Waals surface area contributed by atoms with Gasteiger partial charge in [0.1, 0.15) is 16.1 Å². The lowest BCUT2D eigenvalue weighted by molar-refractivity contribution is 1.72. The predicted octanol–water partition coefficient (Wildman–Crippen LogP) is 4.45. The summed E-state index contributed by atoms with van der Waals surface area (Å²) in [5.74, 6) is 0. The van der Waals surface area contributed by atoms with E-state index in [2.05, 4.69) is 99.0 Å². The van der Waals surface area contributed by atoms with Crippen LogP contribution in [0.25, 0.3) is 33.0 Å². The first-order valence-corrected chi connectivity index (χ1v) is 16.2. The van der Waals surface area contributed by atoms with Crippen LogP contribution in [0.3, 0.4) is 0 Å². The molecule has 6 rings (SSSR count). The highest BCUT2D eigenvalue weighted by molar-refractivity contribution is 7.08. The van der Waals surface area contributed by atoms with E-state index in [1.807, 2.05) is 0 Å². The number of hydrogen-bond donors (Lipinski definition) is 0. The Balaban J connectivity index is 1.82. The van der Waals surface area contributed by atoms with Gasteiger partial charge in [0, 0.05) is 0 Å². The van der Waals surface area contributed by atoms with Crippen LogP contribution in [0.4, 0.5) is 0 Å². The van der Waals surface area contributed by atoms with E-state index >= 15 is 0 Å². The van der Waals surface area contributed by atoms with Gasteiger partial charge in [0.05, 0.1) is 0 Å². The summed E-state index contributed by atoms with van der Waals surface area (Å²) in [6, 6.07) is 27.8. The van der Waals surface area contributed by atoms with E-state index in [0.29, 0.717) is 0 Å². The third-order valence-electron chi connectivity index (χ3n) is 7.22. The summed E-state index contributed by atoms with van der Waals surface area (Å²) in [6.45, 7) is 10.2. The molecular weight excluding hydrogens is 368 g/mol. The van der Waals surface area contributed by atoms with E-state index in [0.717, 1.165) is 0 Å². The van der Waals surface area contributed by atoms with Gasteiger partial charge in [0.2, 0.25) is 0 Å². The smallest absolute Gasteiger partial charge is 0.0623 e. The fraction of sp³-hybridized carbons (Fsp3) is 0.154. The van der Waals surface area contributed by atoms with Crippen LogP contribution in [0.2, 0.25) is 26.2 Å². The minimum Gasteiger partial charge on any atom is -0.0623 e. The molecule has 0 aromatic heterocycles. The summed E-state index contributed by atoms with van der Waals surface area (Å²) in [6.07, 6.45) is 0. The Bertz CT molecular complexity index is 1210. The molecule has 0 bridgehead atoms. The Hall–Kier alpha value is -2.43. The average Bonchev–Trinajstić information content (AvgIpc) is 3.08. The highest BCUT2D eigenvalue weighted by Crippen LogP contribution is 2.36. The highest BCUT2D eigenvalue weighted by Gasteiger charge is 2.43. The molecule has 28 heavy (non-hydrogen) atoms. The third kappa shape index (κ3) is 1.81. The van der Waals surface area contributed by atoms with Crippen LogP contribution in [0, 0.1) is 0 Å². The van der Waals surface area contributed by atoms with Crippen molar-refractivity contribution >= 4 is 47.7 Å². The van der Waals surface area contributed by atoms with Gasteiger partial charge in [-0.3, -0.25) is 0 Å². The van der Waals surface area contributed by atoms with Gasteiger partial charge in [-0.2, -0.15) is 0 Å². The summed E-state index contributed by atoms with van der Waals surface area (Å²) in [7, 11) is -3.46. The van der Waals surface area contributed by atoms with Gasteiger partial charge >= 0.3 is 0 Å². The van der Waals surface area contributed by atoms with Gasteiger partial charge in [-0.25, -0.2) is 0 Å². The van der Waals surface area contributed by atoms with Crippen molar-refractivity contribution in [3.8, 4) is 22.3 Å². The summed E-state index contributed by atoms with van der Waals surface area (Å²) in [5, 5.41) is 9.58. The van der Waals surface area contributed by atoms with E-state index in [1.54, 1.807) is 26.1 Å². The zero-order valence-corrected chi connectivity index (χ0v) is 18.9. The number of hydrogen-bond acceptors (Lipinski definition) is 0. The standard InChI is InChI=1S/C26H24Si2/c1-27(2)22-11-7-5-9-18(22)20-15-13-17-14-16-21-19-10-6-8-12-23(19)28(3,4)26(21)24(17)25(20)27/h5-16H,1-4H3. The second-order valence-corrected chi connectivity index (χ2v) is 18.0. The van der Waals surface area contributed by atoms with E-state index in [1.165, 1.54) is 27.6 Å². The zero-order valence-electron chi connectivity index (χ0n) is 16.9. The molecule has 2 heterocycles. The maximum atomic E-state index is 2.55. The maximum Gasteiger partial charge on any atom is 0.114 e. The molecule has 0 spiro atoms. The molecule has 2 heteroatoms. The second kappa shape index (κ2) is 5.13. The number of benzene rings is 4. The quantitative estimate of drug-likeness (QED) is 0.388. The minimum atomic E-state index is -1.73. The normalized spacial score (nSPS) is 17.1. The van der Waals surface area contributed by atoms with Crippen LogP contribution >= 0.6 is 0 Å². The van der Waals surface area contributed by atoms with E-state index < -0.39 is 16.1 Å². The molecule has 0 aliphatic carbocycles. The molecule has 136 valence electrons. The van der Waals surface area contributed by atoms with Crippen molar-refractivity contribution in [2.75, 3.05) is 0 Å². The van der Waals surface area contributed by atoms with Gasteiger partial charge in [-0.1, -0.05) is 99.0 Å². The molecule has 2 aliphatic rings. The van der Waals surface area contributed by atoms with Crippen LogP contribution in [-0.4, -0.2) is 16.1 Å². The van der Waals surface area contributed by atoms with Crippen LogP contribution in [0.15, 0.2) is 72.8 Å². The molecule has 4 aromatic rings. The lowest BCUT2D eigenvalue weighted by Gasteiger charge is -2.26. The van der Waals surface area contributed by atoms with Crippen LogP contribution in [-0.2, 0) is 0 Å². The lowest BCUT2D eigenvalue weighted by Crippen LogP contribution is -2.54. The largest absolute Gasteiger partial charge is 0.114 e. The Morgan fingerprint density at radius 1 is 0.464 bits per heavy atom. The Morgan fingerprint density at radius 3 is 1.36 bits per heavy atom. The molecule has 0 radical (unpaired) electrons. The van der Waals surface area contributed by atoms with Gasteiger partial charge in [-0.15, -0.1) is 0 Å². The predicted molar refractivity (Wildman–Crippen MR) is 128 cm³/mol. The van der Waals surface area contributed by atoms with Crippen molar-refractivity contribution in [1.82, 2.24) is 0 Å². The number of rotatable bonds is 0. The van der Waals surface area contributed by atoms with Crippen molar-refractivity contribution in [3.63, 3.8) is 0 Å². The molecule has 0 fully saturated rings. The van der Waals surface area contributed by atoms with Gasteiger partial charge in [-0.05, 0) is 53.8 Å². The Morgan fingerprint density at radius 2 is 0.893 bits per heavy atom. The monoisotopic (exact) mass is 392 g/mol. The Kier molecular flexibility index (Phi) is 3.03. The molecule has 0 amide bonds. The van der Waals surface area contributed by atoms with Gasteiger partial charge < -0.3 is 0 Å². The molecule has 2 aliphatic heterocycles. The fourth-order valence-electron chi connectivity index (χ4n) is 5.96. The first kappa shape index (κ1) is 16.5. The fourth-order valence-corrected chi connectivity index (χ4v) is 13.0. The van der Waals surface area contributed by atoms with Crippen LogP contribution < -0.4 is 20.7 Å². The first-order chi connectivity index (χ1) is 13.4. The van der Waals surface area contributed by atoms with Crippen molar-refractivity contribution in [2.45, 2.75) is 26.2 Å². The molecule has 0 N–H and O–H groups in total. The molecule has 4 aromatic carbocycles. The molecule has 0 saturated heterocycles. The zero-order chi connectivity index (χ0) is 19.3. The molecule has 0 saturated carbocycles. The number of fused-ring (bicyclic) bond motifs is 9. The first-order valence-electron chi connectivity index (χ1n) is 10.2. The minimum absolute atomic E-state index is 1.43. The van der Waals surface area contributed by atoms with E-state index in [4.69, 9.17) is 0 Å². The maximum absolute atomic E-state index is 2.55. The van der Waals surface area contributed by atoms with Gasteiger partial charge in [0.25, 0.3) is 0 Å². The van der Waals surface area contributed by atoms with Gasteiger partial charge in [0.15, 0.2) is 0 Å². The van der Waals surface area contributed by atoms with Crippen molar-refractivity contribution in [1.29, 1.82) is 0 Å². The summed E-state index contributed by atoms with van der Waals surface area (Å²) < 4.78 is 0. The Labute approximate surface area is 168 Å². The molecular formula is C26H24Si2. The third-order valence-corrected chi connectivity index (χ3v) is 14.3. The summed E-state index contributed by atoms with van der Waals surface area (Å²) in [5.41, 5.74) is 5.94. The summed E-state index contributed by atoms with van der Waals surface area (Å²) in [4.78, 5) is 0. The lowest BCUT2D eigenvalue weighted by atomic mass is 9.97. The highest BCUT2D eigenvalue weighted by atomic mass is 28.3.